The molecule has 0 radical (unpaired) electrons. The number of rotatable bonds is 6. The fraction of sp³-hybridized carbons (Fsp3) is 0.172. The van der Waals surface area contributed by atoms with E-state index in [1.165, 1.54) is 0 Å². The van der Waals surface area contributed by atoms with Gasteiger partial charge in [0, 0.05) is 43.9 Å². The van der Waals surface area contributed by atoms with Gasteiger partial charge in [-0.15, -0.1) is 0 Å². The number of nitrogens with one attached hydrogen (secondary N) is 1. The van der Waals surface area contributed by atoms with E-state index in [0.717, 1.165) is 16.7 Å². The molecule has 1 heterocycles. The molecule has 9 heteroatoms. The Balaban J connectivity index is 1.57. The molecule has 0 fully saturated rings. The summed E-state index contributed by atoms with van der Waals surface area (Å²) < 4.78 is 12.8. The van der Waals surface area contributed by atoms with E-state index in [2.05, 4.69) is 37.2 Å². The van der Waals surface area contributed by atoms with Gasteiger partial charge in [-0.1, -0.05) is 53.5 Å². The van der Waals surface area contributed by atoms with Gasteiger partial charge in [-0.3, -0.25) is 4.79 Å². The molecule has 1 aliphatic carbocycles. The third-order valence-corrected chi connectivity index (χ3v) is 8.25. The van der Waals surface area contributed by atoms with Crippen LogP contribution in [0.5, 0.6) is 5.75 Å². The molecule has 5 rings (SSSR count). The number of carbonyl (C=O) groups excluding carboxylic acids is 2. The van der Waals surface area contributed by atoms with Crippen molar-refractivity contribution in [3.8, 4) is 5.75 Å². The number of hydrogen-bond donors (Lipinski definition) is 1. The van der Waals surface area contributed by atoms with Crippen LogP contribution in [0.25, 0.3) is 5.70 Å². The molecule has 2 aliphatic rings. The number of dihydropyridines is 1. The van der Waals surface area contributed by atoms with Crippen LogP contribution in [0, 0.1) is 0 Å². The van der Waals surface area contributed by atoms with Gasteiger partial charge in [-0.2, -0.15) is 0 Å². The van der Waals surface area contributed by atoms with Crippen LogP contribution in [0.3, 0.4) is 0 Å². The summed E-state index contributed by atoms with van der Waals surface area (Å²) in [6.45, 7) is 4.02. The lowest BCUT2D eigenvalue weighted by Gasteiger charge is -2.29. The van der Waals surface area contributed by atoms with Crippen LogP contribution in [0.15, 0.2) is 80.4 Å². The van der Waals surface area contributed by atoms with E-state index >= 15 is 0 Å². The predicted molar refractivity (Wildman–Crippen MR) is 156 cm³/mol. The average molecular weight is 678 g/mol. The Morgan fingerprint density at radius 1 is 1.03 bits per heavy atom. The molecule has 5 nitrogen and oxygen atoms in total. The molecule has 3 aromatic carbocycles. The molecule has 0 saturated carbocycles. The number of halogens is 4. The first kappa shape index (κ1) is 27.0. The van der Waals surface area contributed by atoms with Gasteiger partial charge >= 0.3 is 5.97 Å². The number of ketones is 1. The molecular formula is C29H21Br2Cl2NO4. The van der Waals surface area contributed by atoms with E-state index in [1.54, 1.807) is 25.1 Å². The minimum Gasteiger partial charge on any atom is -0.486 e. The molecule has 3 aromatic rings. The van der Waals surface area contributed by atoms with E-state index in [4.69, 9.17) is 32.7 Å². The van der Waals surface area contributed by atoms with Crippen molar-refractivity contribution in [2.75, 3.05) is 6.61 Å². The maximum absolute atomic E-state index is 13.7. The van der Waals surface area contributed by atoms with Crippen molar-refractivity contribution >= 4 is 72.5 Å². The number of fused-ring (bicyclic) bond motifs is 2. The van der Waals surface area contributed by atoms with Crippen molar-refractivity contribution in [1.82, 2.24) is 5.32 Å². The lowest BCUT2D eigenvalue weighted by Crippen LogP contribution is -2.29. The highest BCUT2D eigenvalue weighted by Gasteiger charge is 2.43. The molecular weight excluding hydrogens is 657 g/mol. The van der Waals surface area contributed by atoms with E-state index < -0.39 is 11.9 Å². The molecule has 1 N–H and O–H groups in total. The SMILES string of the molecule is CCOC(=O)C1=C(C)NC2=C(C(=O)c3ccccc32)[C@H]1c1cc(Br)c(OCc2ccc(Cl)cc2Cl)c(Br)c1. The van der Waals surface area contributed by atoms with Gasteiger partial charge in [0.1, 0.15) is 12.4 Å². The Kier molecular flexibility index (Phi) is 7.74. The van der Waals surface area contributed by atoms with Crippen LogP contribution in [0.2, 0.25) is 10.0 Å². The Morgan fingerprint density at radius 2 is 1.71 bits per heavy atom. The van der Waals surface area contributed by atoms with Gasteiger partial charge in [0.15, 0.2) is 5.78 Å². The number of esters is 1. The zero-order valence-electron chi connectivity index (χ0n) is 20.3. The van der Waals surface area contributed by atoms with E-state index in [1.807, 2.05) is 43.3 Å². The summed E-state index contributed by atoms with van der Waals surface area (Å²) in [5.74, 6) is -0.671. The summed E-state index contributed by atoms with van der Waals surface area (Å²) in [5.41, 5.74) is 5.20. The number of Topliss-reactive ketones (excluding diaryl/α,β-unsaturated/α-hetero) is 1. The lowest BCUT2D eigenvalue weighted by atomic mass is 9.80. The average Bonchev–Trinajstić information content (AvgIpc) is 3.15. The van der Waals surface area contributed by atoms with Gasteiger partial charge in [0.2, 0.25) is 0 Å². The summed E-state index contributed by atoms with van der Waals surface area (Å²) in [4.78, 5) is 26.8. The maximum atomic E-state index is 13.7. The maximum Gasteiger partial charge on any atom is 0.336 e. The third-order valence-electron chi connectivity index (χ3n) is 6.49. The summed E-state index contributed by atoms with van der Waals surface area (Å²) in [6.07, 6.45) is 0. The van der Waals surface area contributed by atoms with Crippen LogP contribution in [0.1, 0.15) is 46.8 Å². The monoisotopic (exact) mass is 675 g/mol. The summed E-state index contributed by atoms with van der Waals surface area (Å²) in [5, 5.41) is 4.37. The zero-order valence-corrected chi connectivity index (χ0v) is 25.0. The van der Waals surface area contributed by atoms with Crippen LogP contribution < -0.4 is 10.1 Å². The third kappa shape index (κ3) is 4.81. The van der Waals surface area contributed by atoms with Gasteiger partial charge < -0.3 is 14.8 Å². The molecule has 0 unspecified atom stereocenters. The van der Waals surface area contributed by atoms with Gasteiger partial charge in [-0.05, 0) is 75.5 Å². The summed E-state index contributed by atoms with van der Waals surface area (Å²) >= 11 is 19.6. The molecule has 1 aliphatic heterocycles. The van der Waals surface area contributed by atoms with Crippen LogP contribution in [-0.2, 0) is 16.1 Å². The Bertz CT molecular complexity index is 1540. The first-order valence-electron chi connectivity index (χ1n) is 11.8. The minimum atomic E-state index is -0.641. The first-order chi connectivity index (χ1) is 18.2. The van der Waals surface area contributed by atoms with Crippen molar-refractivity contribution in [3.05, 3.63) is 113 Å². The molecule has 194 valence electrons. The standard InChI is InChI=1S/C29H21Br2Cl2NO4/c1-3-37-29(36)23-14(2)34-26-18-6-4-5-7-19(18)27(35)25(26)24(23)16-10-20(30)28(21(31)11-16)38-13-15-8-9-17(32)12-22(15)33/h4-12,24,34H,3,13H2,1-2H3/t24-/m0/s1. The molecule has 0 aromatic heterocycles. The molecule has 0 spiro atoms. The highest BCUT2D eigenvalue weighted by molar-refractivity contribution is 9.11. The van der Waals surface area contributed by atoms with Crippen LogP contribution >= 0.6 is 55.1 Å². The van der Waals surface area contributed by atoms with E-state index in [0.29, 0.717) is 52.8 Å². The van der Waals surface area contributed by atoms with Gasteiger partial charge in [0.05, 0.1) is 26.8 Å². The molecule has 1 atom stereocenters. The highest BCUT2D eigenvalue weighted by atomic mass is 79.9. The Morgan fingerprint density at radius 3 is 2.37 bits per heavy atom. The number of hydrogen-bond acceptors (Lipinski definition) is 5. The minimum absolute atomic E-state index is 0.118. The topological polar surface area (TPSA) is 64.6 Å². The highest BCUT2D eigenvalue weighted by Crippen LogP contribution is 2.49. The van der Waals surface area contributed by atoms with Crippen molar-refractivity contribution in [2.45, 2.75) is 26.4 Å². The van der Waals surface area contributed by atoms with Crippen LogP contribution in [0.4, 0.5) is 0 Å². The largest absolute Gasteiger partial charge is 0.486 e. The normalized spacial score (nSPS) is 16.3. The second kappa shape index (κ2) is 10.9. The summed E-state index contributed by atoms with van der Waals surface area (Å²) in [6, 6.07) is 16.4. The quantitative estimate of drug-likeness (QED) is 0.267. The molecule has 0 saturated heterocycles. The van der Waals surface area contributed by atoms with Crippen LogP contribution in [-0.4, -0.2) is 18.4 Å². The predicted octanol–water partition coefficient (Wildman–Crippen LogP) is 8.23. The smallest absolute Gasteiger partial charge is 0.336 e. The molecule has 38 heavy (non-hydrogen) atoms. The van der Waals surface area contributed by atoms with Gasteiger partial charge in [0.25, 0.3) is 0 Å². The van der Waals surface area contributed by atoms with E-state index in [9.17, 15) is 9.59 Å². The van der Waals surface area contributed by atoms with Crippen molar-refractivity contribution in [1.29, 1.82) is 0 Å². The second-order valence-corrected chi connectivity index (χ2v) is 11.4. The molecule has 0 amide bonds. The Hall–Kier alpha value is -2.58. The Labute approximate surface area is 247 Å². The van der Waals surface area contributed by atoms with Crippen molar-refractivity contribution in [2.24, 2.45) is 0 Å². The number of carbonyl (C=O) groups is 2. The fourth-order valence-electron chi connectivity index (χ4n) is 4.81. The summed E-state index contributed by atoms with van der Waals surface area (Å²) in [7, 11) is 0. The number of ether oxygens (including phenoxy) is 2. The lowest BCUT2D eigenvalue weighted by molar-refractivity contribution is -0.138. The second-order valence-electron chi connectivity index (χ2n) is 8.82. The van der Waals surface area contributed by atoms with E-state index in [-0.39, 0.29) is 19.0 Å². The van der Waals surface area contributed by atoms with Crippen molar-refractivity contribution in [3.63, 3.8) is 0 Å². The number of benzene rings is 3. The fourth-order valence-corrected chi connectivity index (χ4v) is 6.73. The van der Waals surface area contributed by atoms with Crippen molar-refractivity contribution < 1.29 is 19.1 Å². The van der Waals surface area contributed by atoms with Gasteiger partial charge in [-0.25, -0.2) is 4.79 Å². The first-order valence-corrected chi connectivity index (χ1v) is 14.1. The number of allylic oxidation sites excluding steroid dienone is 2. The zero-order chi connectivity index (χ0) is 27.1. The molecule has 0 bridgehead atoms.